The summed E-state index contributed by atoms with van der Waals surface area (Å²) in [6.45, 7) is 2.77. The molecule has 14 heteroatoms. The third kappa shape index (κ3) is 34.6. The van der Waals surface area contributed by atoms with Crippen molar-refractivity contribution in [2.45, 2.75) is 344 Å². The summed E-state index contributed by atoms with van der Waals surface area (Å²) in [5.41, 5.74) is 0. The van der Waals surface area contributed by atoms with E-state index in [4.69, 9.17) is 18.9 Å². The van der Waals surface area contributed by atoms with Gasteiger partial charge >= 0.3 is 0 Å². The predicted molar refractivity (Wildman–Crippen MR) is 314 cm³/mol. The van der Waals surface area contributed by atoms with Crippen molar-refractivity contribution in [1.29, 1.82) is 0 Å². The van der Waals surface area contributed by atoms with Crippen molar-refractivity contribution in [3.05, 3.63) is 36.5 Å². The van der Waals surface area contributed by atoms with Gasteiger partial charge in [-0.2, -0.15) is 0 Å². The number of hydrogen-bond donors (Lipinski definition) is 9. The van der Waals surface area contributed by atoms with E-state index in [1.54, 1.807) is 6.08 Å². The van der Waals surface area contributed by atoms with Gasteiger partial charge in [0.25, 0.3) is 0 Å². The zero-order chi connectivity index (χ0) is 56.7. The van der Waals surface area contributed by atoms with E-state index in [0.29, 0.717) is 6.42 Å². The topological polar surface area (TPSA) is 228 Å². The molecule has 12 atom stereocenters. The number of allylic oxidation sites excluding steroid dienone is 5. The molecule has 0 aromatic carbocycles. The van der Waals surface area contributed by atoms with Crippen molar-refractivity contribution >= 4 is 5.91 Å². The maximum atomic E-state index is 13.2. The first-order chi connectivity index (χ1) is 38.1. The number of nitrogens with one attached hydrogen (secondary N) is 1. The summed E-state index contributed by atoms with van der Waals surface area (Å²) in [4.78, 5) is 13.2. The molecule has 458 valence electrons. The van der Waals surface area contributed by atoms with Gasteiger partial charge < -0.3 is 65.1 Å². The van der Waals surface area contributed by atoms with Gasteiger partial charge in [0, 0.05) is 6.42 Å². The summed E-state index contributed by atoms with van der Waals surface area (Å²) in [6, 6.07) is -0.922. The first-order valence-corrected chi connectivity index (χ1v) is 32.2. The minimum Gasteiger partial charge on any atom is -0.394 e. The summed E-state index contributed by atoms with van der Waals surface area (Å²) in [5, 5.41) is 87.1. The largest absolute Gasteiger partial charge is 0.394 e. The van der Waals surface area contributed by atoms with Crippen LogP contribution in [0, 0.1) is 0 Å². The zero-order valence-corrected chi connectivity index (χ0v) is 49.4. The quantitative estimate of drug-likeness (QED) is 0.0204. The second-order valence-electron chi connectivity index (χ2n) is 22.9. The summed E-state index contributed by atoms with van der Waals surface area (Å²) in [5.74, 6) is -0.252. The van der Waals surface area contributed by atoms with Gasteiger partial charge in [0.1, 0.15) is 48.8 Å². The molecule has 1 amide bonds. The number of carbonyl (C=O) groups excluding carboxylic acids is 1. The lowest BCUT2D eigenvalue weighted by Crippen LogP contribution is -2.65. The van der Waals surface area contributed by atoms with E-state index in [9.17, 15) is 45.6 Å². The zero-order valence-electron chi connectivity index (χ0n) is 49.4. The molecule has 0 aliphatic carbocycles. The van der Waals surface area contributed by atoms with E-state index in [-0.39, 0.29) is 18.9 Å². The number of carbonyl (C=O) groups is 1. The molecule has 12 unspecified atom stereocenters. The van der Waals surface area contributed by atoms with Crippen molar-refractivity contribution < 1.29 is 64.6 Å². The lowest BCUT2D eigenvalue weighted by Gasteiger charge is -2.46. The van der Waals surface area contributed by atoms with E-state index in [1.807, 2.05) is 6.08 Å². The van der Waals surface area contributed by atoms with Crippen molar-refractivity contribution in [3.63, 3.8) is 0 Å². The van der Waals surface area contributed by atoms with Crippen LogP contribution in [-0.4, -0.2) is 140 Å². The highest BCUT2D eigenvalue weighted by molar-refractivity contribution is 5.76. The van der Waals surface area contributed by atoms with Crippen molar-refractivity contribution in [3.8, 4) is 0 Å². The number of rotatable bonds is 52. The Bertz CT molecular complexity index is 1450. The minimum atomic E-state index is -1.79. The third-order valence-electron chi connectivity index (χ3n) is 15.8. The van der Waals surface area contributed by atoms with Crippen LogP contribution < -0.4 is 5.32 Å². The molecule has 0 saturated carbocycles. The molecule has 9 N–H and O–H groups in total. The summed E-state index contributed by atoms with van der Waals surface area (Å²) < 4.78 is 22.8. The van der Waals surface area contributed by atoms with Gasteiger partial charge in [-0.3, -0.25) is 4.79 Å². The van der Waals surface area contributed by atoms with Crippen LogP contribution in [0.1, 0.15) is 271 Å². The van der Waals surface area contributed by atoms with Gasteiger partial charge in [0.2, 0.25) is 5.91 Å². The first kappa shape index (κ1) is 72.3. The number of hydrogen-bond acceptors (Lipinski definition) is 13. The molecule has 0 aromatic heterocycles. The molecule has 0 spiro atoms. The van der Waals surface area contributed by atoms with Gasteiger partial charge in [0.05, 0.1) is 32.0 Å². The van der Waals surface area contributed by atoms with Crippen molar-refractivity contribution in [1.82, 2.24) is 5.32 Å². The molecule has 0 bridgehead atoms. The number of unbranched alkanes of at least 4 members (excludes halogenated alkanes) is 35. The molecule has 2 rings (SSSR count). The maximum absolute atomic E-state index is 13.2. The van der Waals surface area contributed by atoms with Gasteiger partial charge in [-0.25, -0.2) is 0 Å². The van der Waals surface area contributed by atoms with Gasteiger partial charge in [-0.15, -0.1) is 0 Å². The van der Waals surface area contributed by atoms with Crippen LogP contribution in [0.4, 0.5) is 0 Å². The highest BCUT2D eigenvalue weighted by Gasteiger charge is 2.51. The molecule has 2 saturated heterocycles. The Morgan fingerprint density at radius 1 is 0.462 bits per heavy atom. The molecule has 0 aromatic rings. The van der Waals surface area contributed by atoms with Gasteiger partial charge in [-0.05, 0) is 44.9 Å². The molecular formula is C64H119NO13. The Morgan fingerprint density at radius 3 is 1.32 bits per heavy atom. The normalized spacial score (nSPS) is 24.7. The minimum absolute atomic E-state index is 0.252. The van der Waals surface area contributed by atoms with Crippen LogP contribution in [0.25, 0.3) is 0 Å². The van der Waals surface area contributed by atoms with Crippen LogP contribution in [0.3, 0.4) is 0 Å². The second kappa shape index (κ2) is 49.8. The third-order valence-corrected chi connectivity index (χ3v) is 15.8. The Hall–Kier alpha value is -1.79. The first-order valence-electron chi connectivity index (χ1n) is 32.2. The van der Waals surface area contributed by atoms with E-state index < -0.39 is 86.8 Å². The van der Waals surface area contributed by atoms with E-state index in [0.717, 1.165) is 64.2 Å². The van der Waals surface area contributed by atoms with Crippen molar-refractivity contribution in [2.75, 3.05) is 19.8 Å². The summed E-state index contributed by atoms with van der Waals surface area (Å²) in [6.07, 6.45) is 44.9. The number of ether oxygens (including phenoxy) is 4. The second-order valence-corrected chi connectivity index (χ2v) is 22.9. The predicted octanol–water partition coefficient (Wildman–Crippen LogP) is 11.8. The Morgan fingerprint density at radius 2 is 0.859 bits per heavy atom. The fourth-order valence-electron chi connectivity index (χ4n) is 10.6. The van der Waals surface area contributed by atoms with E-state index >= 15 is 0 Å². The Labute approximate surface area is 474 Å². The van der Waals surface area contributed by atoms with Gasteiger partial charge in [0.15, 0.2) is 12.6 Å². The fourth-order valence-corrected chi connectivity index (χ4v) is 10.6. The lowest BCUT2D eigenvalue weighted by atomic mass is 9.97. The molecule has 2 heterocycles. The molecule has 2 aliphatic rings. The van der Waals surface area contributed by atoms with Crippen molar-refractivity contribution in [2.24, 2.45) is 0 Å². The van der Waals surface area contributed by atoms with Crippen LogP contribution in [0.5, 0.6) is 0 Å². The molecule has 78 heavy (non-hydrogen) atoms. The van der Waals surface area contributed by atoms with Crippen LogP contribution in [-0.2, 0) is 23.7 Å². The molecule has 2 aliphatic heterocycles. The summed E-state index contributed by atoms with van der Waals surface area (Å²) in [7, 11) is 0. The summed E-state index contributed by atoms with van der Waals surface area (Å²) >= 11 is 0. The smallest absolute Gasteiger partial charge is 0.220 e. The van der Waals surface area contributed by atoms with Gasteiger partial charge in [-0.1, -0.05) is 256 Å². The van der Waals surface area contributed by atoms with Crippen LogP contribution >= 0.6 is 0 Å². The standard InChI is InChI=1S/C64H119NO13/c1-3-5-7-9-11-13-15-17-19-20-21-22-23-24-25-26-27-28-29-30-31-32-33-34-35-37-39-41-43-45-47-53(68)52(65-56(69)48-46-44-42-40-38-36-18-16-14-12-10-8-6-4-2)51-75-63-61(74)59(72)62(55(50-67)77-63)78-64-60(73)58(71)57(70)54(49-66)76-64/h10,12,16,18,45,47,52-55,57-64,66-68,70-74H,3-9,11,13-15,17,19-44,46,48-51H2,1-2H3,(H,65,69)/b12-10-,18-16-,47-45+. The number of amides is 1. The Balaban J connectivity index is 1.68. The lowest BCUT2D eigenvalue weighted by molar-refractivity contribution is -0.359. The molecule has 2 fully saturated rings. The van der Waals surface area contributed by atoms with Crippen LogP contribution in [0.15, 0.2) is 36.5 Å². The average molecular weight is 1110 g/mol. The van der Waals surface area contributed by atoms with E-state index in [2.05, 4.69) is 43.5 Å². The number of aliphatic hydroxyl groups is 8. The maximum Gasteiger partial charge on any atom is 0.220 e. The van der Waals surface area contributed by atoms with Crippen LogP contribution in [0.2, 0.25) is 0 Å². The average Bonchev–Trinajstić information content (AvgIpc) is 3.48. The number of aliphatic hydroxyl groups excluding tert-OH is 8. The SMILES string of the molecule is CCCC/C=C\C/C=C\CCCCCCCC(=O)NC(COC1OC(CO)C(OC2OC(CO)C(O)C(O)C2O)C(O)C1O)C(O)/C=C/CCCCCCCCCCCCCCCCCCCCCCCCCCCCCC. The van der Waals surface area contributed by atoms with E-state index in [1.165, 1.54) is 180 Å². The molecule has 14 nitrogen and oxygen atoms in total. The Kier molecular flexibility index (Phi) is 46.2. The molecule has 0 radical (unpaired) electrons. The monoisotopic (exact) mass is 1110 g/mol. The molecular weight excluding hydrogens is 991 g/mol. The fraction of sp³-hybridized carbons (Fsp3) is 0.891. The highest BCUT2D eigenvalue weighted by Crippen LogP contribution is 2.30. The highest BCUT2D eigenvalue weighted by atomic mass is 16.7.